The van der Waals surface area contributed by atoms with E-state index in [0.717, 1.165) is 16.5 Å². The van der Waals surface area contributed by atoms with Crippen LogP contribution in [0.5, 0.6) is 0 Å². The highest BCUT2D eigenvalue weighted by atomic mass is 35.5. The molecule has 0 unspecified atom stereocenters. The van der Waals surface area contributed by atoms with Crippen molar-refractivity contribution in [1.82, 2.24) is 5.32 Å². The van der Waals surface area contributed by atoms with E-state index >= 15 is 0 Å². The molecule has 3 rings (SSSR count). The van der Waals surface area contributed by atoms with Gasteiger partial charge in [0.15, 0.2) is 5.11 Å². The number of rotatable bonds is 5. The molecule has 0 aliphatic carbocycles. The summed E-state index contributed by atoms with van der Waals surface area (Å²) in [7, 11) is 0. The zero-order valence-corrected chi connectivity index (χ0v) is 18.5. The first-order valence-corrected chi connectivity index (χ1v) is 10.7. The molecule has 1 heterocycles. The van der Waals surface area contributed by atoms with E-state index in [1.54, 1.807) is 42.5 Å². The van der Waals surface area contributed by atoms with E-state index in [2.05, 4.69) is 16.0 Å². The topological polar surface area (TPSA) is 70.2 Å². The minimum Gasteiger partial charge on any atom is -0.332 e. The number of thiophene rings is 1. The lowest BCUT2D eigenvalue weighted by atomic mass is 10.2. The number of hydrogen-bond donors (Lipinski definition) is 3. The molecule has 0 aliphatic heterocycles. The Morgan fingerprint density at radius 3 is 2.52 bits per heavy atom. The van der Waals surface area contributed by atoms with Crippen molar-refractivity contribution in [2.24, 2.45) is 0 Å². The number of thiocarbonyl (C=S) groups is 1. The standard InChI is InChI=1S/C20H17Cl2N3O2S2/c1-2-4-16(26)23-12-5-3-6-13(10-12)24-20(28)25-19(27)18-17(22)14-8-7-11(21)9-15(14)29-18/h3,5-10H,2,4H2,1H3,(H,23,26)(H2,24,25,27,28). The van der Waals surface area contributed by atoms with E-state index in [1.807, 2.05) is 6.92 Å². The Morgan fingerprint density at radius 2 is 1.79 bits per heavy atom. The highest BCUT2D eigenvalue weighted by Gasteiger charge is 2.18. The van der Waals surface area contributed by atoms with Crippen LogP contribution in [0.25, 0.3) is 10.1 Å². The molecule has 0 radical (unpaired) electrons. The lowest BCUT2D eigenvalue weighted by Crippen LogP contribution is -2.33. The van der Waals surface area contributed by atoms with Crippen molar-refractivity contribution in [1.29, 1.82) is 0 Å². The SMILES string of the molecule is CCCC(=O)Nc1cccc(NC(=S)NC(=O)c2sc3cc(Cl)ccc3c2Cl)c1. The molecule has 0 atom stereocenters. The van der Waals surface area contributed by atoms with Crippen LogP contribution < -0.4 is 16.0 Å². The van der Waals surface area contributed by atoms with Crippen molar-refractivity contribution in [3.63, 3.8) is 0 Å². The van der Waals surface area contributed by atoms with Crippen molar-refractivity contribution in [2.45, 2.75) is 19.8 Å². The van der Waals surface area contributed by atoms with Crippen LogP contribution in [-0.2, 0) is 4.79 Å². The number of amides is 2. The average molecular weight is 466 g/mol. The van der Waals surface area contributed by atoms with E-state index in [-0.39, 0.29) is 11.0 Å². The molecule has 150 valence electrons. The monoisotopic (exact) mass is 465 g/mol. The summed E-state index contributed by atoms with van der Waals surface area (Å²) in [6, 6.07) is 12.3. The highest BCUT2D eigenvalue weighted by Crippen LogP contribution is 2.36. The Balaban J connectivity index is 1.67. The molecule has 2 amide bonds. The molecular formula is C20H17Cl2N3O2S2. The number of halogens is 2. The van der Waals surface area contributed by atoms with Gasteiger partial charge in [0.2, 0.25) is 5.91 Å². The third kappa shape index (κ3) is 5.45. The molecular weight excluding hydrogens is 449 g/mol. The summed E-state index contributed by atoms with van der Waals surface area (Å²) < 4.78 is 0.821. The summed E-state index contributed by atoms with van der Waals surface area (Å²) in [6.07, 6.45) is 1.22. The van der Waals surface area contributed by atoms with Crippen LogP contribution in [0.3, 0.4) is 0 Å². The molecule has 0 aliphatic rings. The molecule has 29 heavy (non-hydrogen) atoms. The maximum atomic E-state index is 12.6. The molecule has 3 N–H and O–H groups in total. The van der Waals surface area contributed by atoms with E-state index in [1.165, 1.54) is 11.3 Å². The van der Waals surface area contributed by atoms with Crippen molar-refractivity contribution >= 4 is 85.1 Å². The van der Waals surface area contributed by atoms with Crippen molar-refractivity contribution < 1.29 is 9.59 Å². The van der Waals surface area contributed by atoms with Gasteiger partial charge < -0.3 is 10.6 Å². The summed E-state index contributed by atoms with van der Waals surface area (Å²) in [5.41, 5.74) is 1.28. The van der Waals surface area contributed by atoms with Crippen LogP contribution in [0.2, 0.25) is 10.0 Å². The molecule has 0 saturated carbocycles. The van der Waals surface area contributed by atoms with Gasteiger partial charge in [-0.3, -0.25) is 14.9 Å². The first-order chi connectivity index (χ1) is 13.9. The van der Waals surface area contributed by atoms with Crippen molar-refractivity contribution in [3.05, 3.63) is 57.4 Å². The summed E-state index contributed by atoms with van der Waals surface area (Å²) >= 11 is 18.8. The van der Waals surface area contributed by atoms with Crippen LogP contribution in [0.15, 0.2) is 42.5 Å². The number of carbonyl (C=O) groups is 2. The van der Waals surface area contributed by atoms with Gasteiger partial charge in [-0.2, -0.15) is 0 Å². The predicted octanol–water partition coefficient (Wildman–Crippen LogP) is 6.07. The fourth-order valence-electron chi connectivity index (χ4n) is 2.63. The van der Waals surface area contributed by atoms with E-state index in [9.17, 15) is 9.59 Å². The van der Waals surface area contributed by atoms with Crippen molar-refractivity contribution in [3.8, 4) is 0 Å². The molecule has 5 nitrogen and oxygen atoms in total. The molecule has 0 bridgehead atoms. The summed E-state index contributed by atoms with van der Waals surface area (Å²) in [5.74, 6) is -0.461. The second kappa shape index (κ2) is 9.54. The molecule has 1 aromatic heterocycles. The predicted molar refractivity (Wildman–Crippen MR) is 126 cm³/mol. The minimum atomic E-state index is -0.405. The summed E-state index contributed by atoms with van der Waals surface area (Å²) in [6.45, 7) is 1.94. The lowest BCUT2D eigenvalue weighted by molar-refractivity contribution is -0.116. The second-order valence-corrected chi connectivity index (χ2v) is 8.45. The maximum absolute atomic E-state index is 12.6. The molecule has 0 spiro atoms. The Morgan fingerprint density at radius 1 is 1.07 bits per heavy atom. The van der Waals surface area contributed by atoms with Gasteiger partial charge in [0.05, 0.1) is 5.02 Å². The molecule has 2 aromatic carbocycles. The van der Waals surface area contributed by atoms with Gasteiger partial charge in [-0.05, 0) is 49.0 Å². The number of fused-ring (bicyclic) bond motifs is 1. The molecule has 9 heteroatoms. The maximum Gasteiger partial charge on any atom is 0.269 e. The van der Waals surface area contributed by atoms with E-state index in [4.69, 9.17) is 35.4 Å². The largest absolute Gasteiger partial charge is 0.332 e. The Bertz CT molecular complexity index is 1100. The number of nitrogens with one attached hydrogen (secondary N) is 3. The number of hydrogen-bond acceptors (Lipinski definition) is 4. The smallest absolute Gasteiger partial charge is 0.269 e. The first kappa shape index (κ1) is 21.5. The van der Waals surface area contributed by atoms with Gasteiger partial charge in [0.25, 0.3) is 5.91 Å². The zero-order valence-electron chi connectivity index (χ0n) is 15.3. The van der Waals surface area contributed by atoms with Gasteiger partial charge in [0, 0.05) is 32.9 Å². The fraction of sp³-hybridized carbons (Fsp3) is 0.150. The third-order valence-corrected chi connectivity index (χ3v) is 6.00. The summed E-state index contributed by atoms with van der Waals surface area (Å²) in [4.78, 5) is 24.7. The third-order valence-electron chi connectivity index (χ3n) is 3.91. The normalized spacial score (nSPS) is 10.6. The van der Waals surface area contributed by atoms with Crippen LogP contribution >= 0.6 is 46.8 Å². The van der Waals surface area contributed by atoms with Crippen LogP contribution in [0.4, 0.5) is 11.4 Å². The van der Waals surface area contributed by atoms with Gasteiger partial charge in [-0.1, -0.05) is 42.3 Å². The number of anilines is 2. The quantitative estimate of drug-likeness (QED) is 0.399. The highest BCUT2D eigenvalue weighted by molar-refractivity contribution is 7.80. The van der Waals surface area contributed by atoms with Gasteiger partial charge in [-0.15, -0.1) is 11.3 Å². The molecule has 3 aromatic rings. The van der Waals surface area contributed by atoms with Crippen LogP contribution in [0, 0.1) is 0 Å². The zero-order chi connectivity index (χ0) is 21.0. The van der Waals surface area contributed by atoms with Crippen LogP contribution in [0.1, 0.15) is 29.4 Å². The second-order valence-electron chi connectivity index (χ2n) is 6.17. The Kier molecular flexibility index (Phi) is 7.08. The lowest BCUT2D eigenvalue weighted by Gasteiger charge is -2.11. The Labute approximate surface area is 187 Å². The van der Waals surface area contributed by atoms with Crippen molar-refractivity contribution in [2.75, 3.05) is 10.6 Å². The Hall–Kier alpha value is -2.19. The fourth-order valence-corrected chi connectivity index (χ4v) is 4.53. The number of benzene rings is 2. The summed E-state index contributed by atoms with van der Waals surface area (Å²) in [5, 5.41) is 10.2. The van der Waals surface area contributed by atoms with E-state index < -0.39 is 5.91 Å². The minimum absolute atomic E-state index is 0.0555. The van der Waals surface area contributed by atoms with Gasteiger partial charge >= 0.3 is 0 Å². The first-order valence-electron chi connectivity index (χ1n) is 8.77. The molecule has 0 saturated heterocycles. The van der Waals surface area contributed by atoms with Gasteiger partial charge in [-0.25, -0.2) is 0 Å². The van der Waals surface area contributed by atoms with E-state index in [0.29, 0.717) is 32.7 Å². The number of carbonyl (C=O) groups excluding carboxylic acids is 2. The molecule has 0 fully saturated rings. The van der Waals surface area contributed by atoms with Crippen LogP contribution in [-0.4, -0.2) is 16.9 Å². The van der Waals surface area contributed by atoms with Gasteiger partial charge in [0.1, 0.15) is 4.88 Å². The average Bonchev–Trinajstić information content (AvgIpc) is 2.98.